The molecule has 2 heterocycles. The Morgan fingerprint density at radius 1 is 0.604 bits per heavy atom. The van der Waals surface area contributed by atoms with Crippen molar-refractivity contribution in [2.75, 3.05) is 0 Å². The SMILES string of the molecule is CC(C)(C)C1=CC2Sc3cc(-c4c5c(c(-c6ccc7ccccc7c6)c6ccccc46)C=CCC5)cc4c3B(C2C=C1)C1C=CC(C(C)(C)C)=CC1S4. The van der Waals surface area contributed by atoms with Crippen molar-refractivity contribution >= 4 is 63.3 Å². The van der Waals surface area contributed by atoms with Gasteiger partial charge in [-0.1, -0.05) is 156 Å². The number of hydrogen-bond donors (Lipinski definition) is 0. The highest BCUT2D eigenvalue weighted by Gasteiger charge is 2.50. The van der Waals surface area contributed by atoms with Crippen molar-refractivity contribution in [3.63, 3.8) is 0 Å². The first-order chi connectivity index (χ1) is 25.5. The Morgan fingerprint density at radius 3 is 1.81 bits per heavy atom. The van der Waals surface area contributed by atoms with Gasteiger partial charge in [-0.15, -0.1) is 23.5 Å². The molecule has 5 aliphatic rings. The average molecular weight is 723 g/mol. The zero-order valence-electron chi connectivity index (χ0n) is 31.7. The Labute approximate surface area is 324 Å². The number of rotatable bonds is 2. The van der Waals surface area contributed by atoms with Crippen LogP contribution in [-0.2, 0) is 6.42 Å². The van der Waals surface area contributed by atoms with Crippen molar-refractivity contribution in [3.05, 3.63) is 144 Å². The van der Waals surface area contributed by atoms with Gasteiger partial charge in [0, 0.05) is 20.3 Å². The van der Waals surface area contributed by atoms with Crippen LogP contribution in [0.15, 0.2) is 142 Å². The highest BCUT2D eigenvalue weighted by molar-refractivity contribution is 8.02. The molecule has 0 bridgehead atoms. The van der Waals surface area contributed by atoms with Crippen LogP contribution < -0.4 is 5.46 Å². The maximum Gasteiger partial charge on any atom is 0.195 e. The summed E-state index contributed by atoms with van der Waals surface area (Å²) in [5.41, 5.74) is 13.2. The summed E-state index contributed by atoms with van der Waals surface area (Å²) in [4.78, 5) is 2.99. The Bertz CT molecular complexity index is 2430. The van der Waals surface area contributed by atoms with Crippen LogP contribution in [-0.4, -0.2) is 17.2 Å². The lowest BCUT2D eigenvalue weighted by Gasteiger charge is -2.47. The Balaban J connectivity index is 1.20. The molecule has 0 nitrogen and oxygen atoms in total. The maximum atomic E-state index is 2.63. The third-order valence-corrected chi connectivity index (χ3v) is 15.1. The van der Waals surface area contributed by atoms with E-state index >= 15 is 0 Å². The van der Waals surface area contributed by atoms with Crippen molar-refractivity contribution in [2.45, 2.75) is 86.3 Å². The van der Waals surface area contributed by atoms with E-state index in [4.69, 9.17) is 0 Å². The van der Waals surface area contributed by atoms with E-state index in [0.717, 1.165) is 12.8 Å². The largest absolute Gasteiger partial charge is 0.195 e. The minimum absolute atomic E-state index is 0.133. The predicted molar refractivity (Wildman–Crippen MR) is 235 cm³/mol. The molecule has 53 heavy (non-hydrogen) atoms. The average Bonchev–Trinajstić information content (AvgIpc) is 3.15. The van der Waals surface area contributed by atoms with Gasteiger partial charge in [0.15, 0.2) is 6.71 Å². The molecule has 0 fully saturated rings. The van der Waals surface area contributed by atoms with Gasteiger partial charge in [-0.25, -0.2) is 0 Å². The standard InChI is InChI=1S/C50H47BS2/c1-49(2,3)34-21-23-40-42(28-34)52-44-26-33(27-45-48(44)51(40)41-24-22-35(50(4,5)6)29-43(41)53-45)47-38-17-11-9-15-36(38)46(37-16-10-12-18-39(37)47)32-20-19-30-13-7-8-14-31(30)25-32/h7-11,13-17,19-29,40-43H,12,18H2,1-6H3. The van der Waals surface area contributed by atoms with E-state index in [1.165, 1.54) is 75.9 Å². The predicted octanol–water partition coefficient (Wildman–Crippen LogP) is 13.8. The lowest BCUT2D eigenvalue weighted by molar-refractivity contribution is 0.512. The fraction of sp³-hybridized carbons (Fsp3) is 0.280. The van der Waals surface area contributed by atoms with Crippen LogP contribution in [0.5, 0.6) is 0 Å². The van der Waals surface area contributed by atoms with E-state index in [1.807, 2.05) is 0 Å². The first kappa shape index (κ1) is 33.6. The molecule has 0 saturated heterocycles. The zero-order valence-corrected chi connectivity index (χ0v) is 33.4. The Morgan fingerprint density at radius 2 is 1.19 bits per heavy atom. The molecule has 2 aliphatic heterocycles. The molecule has 4 unspecified atom stereocenters. The topological polar surface area (TPSA) is 0 Å². The molecule has 5 aromatic carbocycles. The number of allylic oxidation sites excluding steroid dienone is 7. The van der Waals surface area contributed by atoms with Crippen LogP contribution in [0.2, 0.25) is 11.6 Å². The molecule has 0 N–H and O–H groups in total. The molecule has 4 atom stereocenters. The van der Waals surface area contributed by atoms with Gasteiger partial charge >= 0.3 is 0 Å². The van der Waals surface area contributed by atoms with Crippen LogP contribution in [0.25, 0.3) is 49.9 Å². The van der Waals surface area contributed by atoms with Crippen LogP contribution >= 0.6 is 23.5 Å². The molecular weight excluding hydrogens is 675 g/mol. The van der Waals surface area contributed by atoms with Crippen molar-refractivity contribution in [3.8, 4) is 22.3 Å². The van der Waals surface area contributed by atoms with Gasteiger partial charge in [-0.3, -0.25) is 0 Å². The smallest absolute Gasteiger partial charge is 0.119 e. The van der Waals surface area contributed by atoms with E-state index in [-0.39, 0.29) is 10.8 Å². The van der Waals surface area contributed by atoms with Crippen molar-refractivity contribution in [2.24, 2.45) is 10.8 Å². The molecule has 0 aromatic heterocycles. The lowest BCUT2D eigenvalue weighted by atomic mass is 9.28. The quantitative estimate of drug-likeness (QED) is 0.166. The summed E-state index contributed by atoms with van der Waals surface area (Å²) in [6.07, 6.45) is 22.3. The molecular formula is C50H47BS2. The molecule has 0 saturated carbocycles. The van der Waals surface area contributed by atoms with E-state index in [0.29, 0.717) is 28.8 Å². The molecule has 0 radical (unpaired) electrons. The normalized spacial score (nSPS) is 22.9. The first-order valence-corrected chi connectivity index (χ1v) is 21.3. The summed E-state index contributed by atoms with van der Waals surface area (Å²) in [6.45, 7) is 14.6. The molecule has 5 aromatic rings. The van der Waals surface area contributed by atoms with Gasteiger partial charge in [0.25, 0.3) is 0 Å². The molecule has 0 spiro atoms. The number of thioether (sulfide) groups is 2. The van der Waals surface area contributed by atoms with E-state index in [1.54, 1.807) is 5.46 Å². The highest BCUT2D eigenvalue weighted by Crippen LogP contribution is 2.56. The molecule has 10 rings (SSSR count). The van der Waals surface area contributed by atoms with Crippen molar-refractivity contribution in [1.82, 2.24) is 0 Å². The third-order valence-electron chi connectivity index (χ3n) is 12.5. The Kier molecular flexibility index (Phi) is 7.81. The first-order valence-electron chi connectivity index (χ1n) is 19.6. The fourth-order valence-corrected chi connectivity index (χ4v) is 12.8. The summed E-state index contributed by atoms with van der Waals surface area (Å²) >= 11 is 4.26. The highest BCUT2D eigenvalue weighted by atomic mass is 32.2. The minimum atomic E-state index is 0.133. The van der Waals surface area contributed by atoms with Gasteiger partial charge in [0.1, 0.15) is 0 Å². The van der Waals surface area contributed by atoms with Crippen molar-refractivity contribution < 1.29 is 0 Å². The summed E-state index contributed by atoms with van der Waals surface area (Å²) in [7, 11) is 0. The maximum absolute atomic E-state index is 2.63. The summed E-state index contributed by atoms with van der Waals surface area (Å²) in [5, 5.41) is 6.17. The monoisotopic (exact) mass is 722 g/mol. The Hall–Kier alpha value is -3.92. The minimum Gasteiger partial charge on any atom is -0.119 e. The van der Waals surface area contributed by atoms with Gasteiger partial charge < -0.3 is 0 Å². The summed E-state index contributed by atoms with van der Waals surface area (Å²) in [5.74, 6) is 0.983. The zero-order chi connectivity index (χ0) is 36.2. The second-order valence-electron chi connectivity index (χ2n) is 17.9. The van der Waals surface area contributed by atoms with E-state index < -0.39 is 0 Å². The van der Waals surface area contributed by atoms with Gasteiger partial charge in [-0.2, -0.15) is 0 Å². The van der Waals surface area contributed by atoms with Gasteiger partial charge in [0.2, 0.25) is 0 Å². The second-order valence-corrected chi connectivity index (χ2v) is 20.3. The fourth-order valence-electron chi connectivity index (χ4n) is 9.78. The molecule has 3 aliphatic carbocycles. The van der Waals surface area contributed by atoms with E-state index in [9.17, 15) is 0 Å². The van der Waals surface area contributed by atoms with Crippen LogP contribution in [0.1, 0.15) is 59.1 Å². The number of benzene rings is 5. The van der Waals surface area contributed by atoms with Crippen LogP contribution in [0.4, 0.5) is 0 Å². The summed E-state index contributed by atoms with van der Waals surface area (Å²) < 4.78 is 0. The van der Waals surface area contributed by atoms with Crippen LogP contribution in [0, 0.1) is 10.8 Å². The second kappa shape index (κ2) is 12.3. The molecule has 262 valence electrons. The molecule has 0 amide bonds. The molecule has 3 heteroatoms. The van der Waals surface area contributed by atoms with Gasteiger partial charge in [0.05, 0.1) is 0 Å². The lowest BCUT2D eigenvalue weighted by Crippen LogP contribution is -2.52. The van der Waals surface area contributed by atoms with Crippen molar-refractivity contribution in [1.29, 1.82) is 0 Å². The number of fused-ring (bicyclic) bond motifs is 7. The summed E-state index contributed by atoms with van der Waals surface area (Å²) in [6, 6.07) is 30.2. The van der Waals surface area contributed by atoms with Crippen LogP contribution in [0.3, 0.4) is 0 Å². The number of hydrogen-bond acceptors (Lipinski definition) is 2. The van der Waals surface area contributed by atoms with Gasteiger partial charge in [-0.05, 0) is 120 Å². The van der Waals surface area contributed by atoms with E-state index in [2.05, 4.69) is 193 Å². The third kappa shape index (κ3) is 5.51.